The van der Waals surface area contributed by atoms with Crippen LogP contribution in [0.2, 0.25) is 0 Å². The summed E-state index contributed by atoms with van der Waals surface area (Å²) in [5.41, 5.74) is 0.0185. The molecule has 9 heavy (non-hydrogen) atoms. The Labute approximate surface area is 60.3 Å². The predicted octanol–water partition coefficient (Wildman–Crippen LogP) is 2.16. The second-order valence-corrected chi connectivity index (χ2v) is 2.84. The van der Waals surface area contributed by atoms with Gasteiger partial charge in [-0.25, -0.2) is 0 Å². The summed E-state index contributed by atoms with van der Waals surface area (Å²) < 4.78 is 10.4. The number of hydrogen-bond acceptors (Lipinski definition) is 3. The fourth-order valence-electron chi connectivity index (χ4n) is 0.824. The second kappa shape index (κ2) is 2.90. The fraction of sp³-hybridized carbons (Fsp3) is 1.00. The monoisotopic (exact) mass is 148 g/mol. The molecule has 1 heterocycles. The Bertz CT molecular complexity index is 83.1. The minimum absolute atomic E-state index is 0.0185. The molecule has 1 rings (SSSR count). The Morgan fingerprint density at radius 1 is 1.44 bits per heavy atom. The minimum atomic E-state index is 0.0185. The highest BCUT2D eigenvalue weighted by molar-refractivity contribution is 7.90. The second-order valence-electron chi connectivity index (χ2n) is 2.30. The minimum Gasteiger partial charge on any atom is -0.288 e. The zero-order valence-electron chi connectivity index (χ0n) is 5.85. The van der Waals surface area contributed by atoms with Crippen LogP contribution in [0.15, 0.2) is 0 Å². The van der Waals surface area contributed by atoms with Crippen molar-refractivity contribution in [2.24, 2.45) is 0 Å². The van der Waals surface area contributed by atoms with Gasteiger partial charge in [0.25, 0.3) is 0 Å². The molecule has 0 bridgehead atoms. The van der Waals surface area contributed by atoms with Crippen molar-refractivity contribution >= 4 is 12.3 Å². The van der Waals surface area contributed by atoms with Gasteiger partial charge in [0.2, 0.25) is 0 Å². The summed E-state index contributed by atoms with van der Waals surface area (Å²) in [4.78, 5) is 0. The van der Waals surface area contributed by atoms with E-state index in [-0.39, 0.29) is 5.60 Å². The van der Waals surface area contributed by atoms with Crippen molar-refractivity contribution in [3.63, 3.8) is 0 Å². The molecule has 1 aliphatic rings. The van der Waals surface area contributed by atoms with Crippen LogP contribution >= 0.6 is 12.3 Å². The standard InChI is InChI=1S/C6H12O2S/c1-3-6(4-2)5-7-9-8-6/h3-5H2,1-2H3. The van der Waals surface area contributed by atoms with Crippen LogP contribution in [0.4, 0.5) is 0 Å². The lowest BCUT2D eigenvalue weighted by molar-refractivity contribution is 0.0909. The number of hydrogen-bond donors (Lipinski definition) is 0. The molecule has 0 aromatic carbocycles. The van der Waals surface area contributed by atoms with Crippen LogP contribution in [0.25, 0.3) is 0 Å². The summed E-state index contributed by atoms with van der Waals surface area (Å²) in [6.07, 6.45) is 2.08. The van der Waals surface area contributed by atoms with Crippen LogP contribution in [-0.4, -0.2) is 12.2 Å². The van der Waals surface area contributed by atoms with Crippen LogP contribution in [0.1, 0.15) is 26.7 Å². The zero-order chi connectivity index (χ0) is 6.74. The lowest BCUT2D eigenvalue weighted by atomic mass is 9.99. The summed E-state index contributed by atoms with van der Waals surface area (Å²) in [5, 5.41) is 0. The highest BCUT2D eigenvalue weighted by Gasteiger charge is 2.33. The first-order chi connectivity index (χ1) is 4.33. The van der Waals surface area contributed by atoms with Crippen molar-refractivity contribution in [1.82, 2.24) is 0 Å². The topological polar surface area (TPSA) is 18.5 Å². The van der Waals surface area contributed by atoms with Crippen molar-refractivity contribution in [3.05, 3.63) is 0 Å². The molecule has 2 nitrogen and oxygen atoms in total. The maximum atomic E-state index is 5.33. The summed E-state index contributed by atoms with van der Waals surface area (Å²) in [6, 6.07) is 0. The van der Waals surface area contributed by atoms with Gasteiger partial charge >= 0.3 is 0 Å². The number of rotatable bonds is 2. The molecule has 0 unspecified atom stereocenters. The first kappa shape index (κ1) is 7.38. The molecule has 1 fully saturated rings. The van der Waals surface area contributed by atoms with E-state index in [4.69, 9.17) is 8.37 Å². The molecule has 0 aliphatic carbocycles. The van der Waals surface area contributed by atoms with Gasteiger partial charge in [-0.05, 0) is 12.8 Å². The van der Waals surface area contributed by atoms with Crippen LogP contribution in [-0.2, 0) is 8.37 Å². The van der Waals surface area contributed by atoms with E-state index in [1.165, 1.54) is 0 Å². The predicted molar refractivity (Wildman–Crippen MR) is 37.9 cm³/mol. The Morgan fingerprint density at radius 3 is 2.33 bits per heavy atom. The quantitative estimate of drug-likeness (QED) is 0.559. The smallest absolute Gasteiger partial charge is 0.159 e. The lowest BCUT2D eigenvalue weighted by Gasteiger charge is -2.20. The van der Waals surface area contributed by atoms with Gasteiger partial charge in [0.05, 0.1) is 6.61 Å². The molecule has 0 aromatic heterocycles. The molecule has 0 radical (unpaired) electrons. The molecule has 3 heteroatoms. The zero-order valence-corrected chi connectivity index (χ0v) is 6.66. The summed E-state index contributed by atoms with van der Waals surface area (Å²) in [7, 11) is 0. The fourth-order valence-corrected chi connectivity index (χ4v) is 1.56. The molecular weight excluding hydrogens is 136 g/mol. The third-order valence-electron chi connectivity index (χ3n) is 1.87. The molecule has 0 N–H and O–H groups in total. The average Bonchev–Trinajstić information content (AvgIpc) is 2.36. The molecule has 0 saturated carbocycles. The Morgan fingerprint density at radius 2 is 2.11 bits per heavy atom. The third kappa shape index (κ3) is 1.39. The van der Waals surface area contributed by atoms with Crippen LogP contribution in [0.5, 0.6) is 0 Å². The summed E-state index contributed by atoms with van der Waals surface area (Å²) in [5.74, 6) is 0. The van der Waals surface area contributed by atoms with Gasteiger partial charge in [-0.2, -0.15) is 0 Å². The van der Waals surface area contributed by atoms with Crippen molar-refractivity contribution in [3.8, 4) is 0 Å². The van der Waals surface area contributed by atoms with Crippen LogP contribution in [0.3, 0.4) is 0 Å². The van der Waals surface area contributed by atoms with E-state index in [1.807, 2.05) is 0 Å². The molecule has 54 valence electrons. The average molecular weight is 148 g/mol. The largest absolute Gasteiger partial charge is 0.288 e. The van der Waals surface area contributed by atoms with Crippen molar-refractivity contribution in [1.29, 1.82) is 0 Å². The van der Waals surface area contributed by atoms with E-state index in [0.29, 0.717) is 0 Å². The van der Waals surface area contributed by atoms with Crippen LogP contribution < -0.4 is 0 Å². The normalized spacial score (nSPS) is 24.7. The van der Waals surface area contributed by atoms with Gasteiger partial charge in [0.1, 0.15) is 5.60 Å². The van der Waals surface area contributed by atoms with Gasteiger partial charge in [0.15, 0.2) is 12.3 Å². The van der Waals surface area contributed by atoms with E-state index in [9.17, 15) is 0 Å². The Hall–Kier alpha value is 0.270. The molecule has 0 spiro atoms. The highest BCUT2D eigenvalue weighted by Crippen LogP contribution is 2.34. The Balaban J connectivity index is 2.45. The third-order valence-corrected chi connectivity index (χ3v) is 2.51. The molecule has 0 atom stereocenters. The maximum Gasteiger partial charge on any atom is 0.159 e. The molecule has 0 aromatic rings. The lowest BCUT2D eigenvalue weighted by Crippen LogP contribution is -2.28. The first-order valence-corrected chi connectivity index (χ1v) is 3.97. The van der Waals surface area contributed by atoms with Crippen molar-refractivity contribution in [2.45, 2.75) is 32.3 Å². The van der Waals surface area contributed by atoms with E-state index in [2.05, 4.69) is 13.8 Å². The Kier molecular flexibility index (Phi) is 2.38. The summed E-state index contributed by atoms with van der Waals surface area (Å²) >= 11 is 1.13. The van der Waals surface area contributed by atoms with Gasteiger partial charge in [-0.3, -0.25) is 8.37 Å². The van der Waals surface area contributed by atoms with Crippen molar-refractivity contribution in [2.75, 3.05) is 6.61 Å². The van der Waals surface area contributed by atoms with Gasteiger partial charge < -0.3 is 0 Å². The van der Waals surface area contributed by atoms with Gasteiger partial charge in [0, 0.05) is 0 Å². The molecule has 1 saturated heterocycles. The van der Waals surface area contributed by atoms with Gasteiger partial charge in [-0.15, -0.1) is 0 Å². The molecule has 1 aliphatic heterocycles. The van der Waals surface area contributed by atoms with E-state index >= 15 is 0 Å². The van der Waals surface area contributed by atoms with E-state index < -0.39 is 0 Å². The van der Waals surface area contributed by atoms with E-state index in [0.717, 1.165) is 31.8 Å². The highest BCUT2D eigenvalue weighted by atomic mass is 32.2. The maximum absolute atomic E-state index is 5.33. The van der Waals surface area contributed by atoms with Crippen molar-refractivity contribution < 1.29 is 8.37 Å². The van der Waals surface area contributed by atoms with E-state index in [1.54, 1.807) is 0 Å². The van der Waals surface area contributed by atoms with Crippen LogP contribution in [0, 0.1) is 0 Å². The molecular formula is C6H12O2S. The molecule has 0 amide bonds. The van der Waals surface area contributed by atoms with Gasteiger partial charge in [-0.1, -0.05) is 13.8 Å². The SMILES string of the molecule is CCC1(CC)COSO1. The summed E-state index contributed by atoms with van der Waals surface area (Å²) in [6.45, 7) is 4.99. The first-order valence-electron chi connectivity index (χ1n) is 3.30.